The molecule has 1 N–H and O–H groups in total. The van der Waals surface area contributed by atoms with Crippen LogP contribution in [0, 0.1) is 11.8 Å². The third-order valence-electron chi connectivity index (χ3n) is 4.38. The standard InChI is InChI=1S/C14H25N3O/c1-6-17-12(7-8-16-17)14(15-5)13-9(2)10(3)18-11(13)4/h7-11,13-15H,6H2,1-5H3. The second kappa shape index (κ2) is 5.41. The van der Waals surface area contributed by atoms with Crippen molar-refractivity contribution in [1.82, 2.24) is 15.1 Å². The summed E-state index contributed by atoms with van der Waals surface area (Å²) in [6.07, 6.45) is 2.50. The minimum absolute atomic E-state index is 0.285. The number of hydrogen-bond acceptors (Lipinski definition) is 3. The maximum atomic E-state index is 5.97. The molecule has 0 aliphatic carbocycles. The third-order valence-corrected chi connectivity index (χ3v) is 4.38. The van der Waals surface area contributed by atoms with Crippen molar-refractivity contribution in [3.63, 3.8) is 0 Å². The van der Waals surface area contributed by atoms with E-state index in [9.17, 15) is 0 Å². The van der Waals surface area contributed by atoms with Crippen LogP contribution in [0.15, 0.2) is 12.3 Å². The van der Waals surface area contributed by atoms with Crippen molar-refractivity contribution in [1.29, 1.82) is 0 Å². The molecule has 102 valence electrons. The quantitative estimate of drug-likeness (QED) is 0.892. The lowest BCUT2D eigenvalue weighted by Gasteiger charge is -2.29. The van der Waals surface area contributed by atoms with Crippen LogP contribution in [0.5, 0.6) is 0 Å². The molecule has 2 rings (SSSR count). The zero-order valence-electron chi connectivity index (χ0n) is 12.1. The molecule has 1 aromatic heterocycles. The second-order valence-electron chi connectivity index (χ2n) is 5.32. The lowest BCUT2D eigenvalue weighted by Crippen LogP contribution is -2.34. The Labute approximate surface area is 110 Å². The van der Waals surface area contributed by atoms with Crippen LogP contribution in [0.3, 0.4) is 0 Å². The van der Waals surface area contributed by atoms with Crippen molar-refractivity contribution in [2.24, 2.45) is 11.8 Å². The Morgan fingerprint density at radius 3 is 2.61 bits per heavy atom. The van der Waals surface area contributed by atoms with Gasteiger partial charge in [0.25, 0.3) is 0 Å². The zero-order valence-corrected chi connectivity index (χ0v) is 12.1. The normalized spacial score (nSPS) is 33.8. The van der Waals surface area contributed by atoms with Crippen molar-refractivity contribution in [2.45, 2.75) is 52.5 Å². The zero-order chi connectivity index (χ0) is 13.3. The monoisotopic (exact) mass is 251 g/mol. The SMILES string of the molecule is CCn1nccc1C(NC)C1C(C)OC(C)C1C. The number of aromatic nitrogens is 2. The fourth-order valence-electron chi connectivity index (χ4n) is 3.28. The minimum atomic E-state index is 0.285. The first-order valence-corrected chi connectivity index (χ1v) is 6.94. The lowest BCUT2D eigenvalue weighted by atomic mass is 9.82. The summed E-state index contributed by atoms with van der Waals surface area (Å²) < 4.78 is 8.04. The molecule has 2 heterocycles. The van der Waals surface area contributed by atoms with Crippen LogP contribution in [0.25, 0.3) is 0 Å². The first-order valence-electron chi connectivity index (χ1n) is 6.94. The van der Waals surface area contributed by atoms with E-state index in [0.29, 0.717) is 24.0 Å². The summed E-state index contributed by atoms with van der Waals surface area (Å²) in [6.45, 7) is 9.68. The van der Waals surface area contributed by atoms with Crippen molar-refractivity contribution in [3.8, 4) is 0 Å². The summed E-state index contributed by atoms with van der Waals surface area (Å²) in [5.74, 6) is 1.05. The van der Waals surface area contributed by atoms with Gasteiger partial charge in [0.15, 0.2) is 0 Å². The van der Waals surface area contributed by atoms with Gasteiger partial charge >= 0.3 is 0 Å². The van der Waals surface area contributed by atoms with Crippen LogP contribution in [0.4, 0.5) is 0 Å². The van der Waals surface area contributed by atoms with E-state index < -0.39 is 0 Å². The molecule has 0 radical (unpaired) electrons. The number of ether oxygens (including phenoxy) is 1. The molecule has 1 aliphatic rings. The van der Waals surface area contributed by atoms with E-state index in [1.165, 1.54) is 5.69 Å². The highest BCUT2D eigenvalue weighted by atomic mass is 16.5. The van der Waals surface area contributed by atoms with Crippen LogP contribution in [0.2, 0.25) is 0 Å². The molecule has 0 amide bonds. The molecule has 1 aromatic rings. The van der Waals surface area contributed by atoms with E-state index in [-0.39, 0.29) is 6.10 Å². The predicted octanol–water partition coefficient (Wildman–Crippen LogP) is 2.22. The summed E-state index contributed by atoms with van der Waals surface area (Å²) in [6, 6.07) is 2.43. The van der Waals surface area contributed by atoms with Crippen LogP contribution < -0.4 is 5.32 Å². The van der Waals surface area contributed by atoms with Gasteiger partial charge in [-0.25, -0.2) is 0 Å². The minimum Gasteiger partial charge on any atom is -0.375 e. The van der Waals surface area contributed by atoms with E-state index in [0.717, 1.165) is 6.54 Å². The van der Waals surface area contributed by atoms with Gasteiger partial charge in [-0.15, -0.1) is 0 Å². The Bertz CT molecular complexity index is 390. The smallest absolute Gasteiger partial charge is 0.0601 e. The Morgan fingerprint density at radius 2 is 2.11 bits per heavy atom. The molecule has 0 saturated carbocycles. The molecular weight excluding hydrogens is 226 g/mol. The summed E-state index contributed by atoms with van der Waals surface area (Å²) in [5.41, 5.74) is 1.27. The lowest BCUT2D eigenvalue weighted by molar-refractivity contribution is 0.0474. The van der Waals surface area contributed by atoms with Gasteiger partial charge in [-0.1, -0.05) is 6.92 Å². The highest BCUT2D eigenvalue weighted by molar-refractivity contribution is 5.11. The highest BCUT2D eigenvalue weighted by Gasteiger charge is 2.42. The van der Waals surface area contributed by atoms with Gasteiger partial charge in [-0.05, 0) is 39.8 Å². The van der Waals surface area contributed by atoms with Gasteiger partial charge < -0.3 is 10.1 Å². The van der Waals surface area contributed by atoms with E-state index in [1.807, 2.05) is 13.2 Å². The van der Waals surface area contributed by atoms with E-state index in [1.54, 1.807) is 0 Å². The van der Waals surface area contributed by atoms with Gasteiger partial charge in [0.05, 0.1) is 23.9 Å². The van der Waals surface area contributed by atoms with Crippen LogP contribution in [0.1, 0.15) is 39.4 Å². The maximum absolute atomic E-state index is 5.97. The molecule has 5 unspecified atom stereocenters. The second-order valence-corrected chi connectivity index (χ2v) is 5.32. The summed E-state index contributed by atoms with van der Waals surface area (Å²) in [4.78, 5) is 0. The fourth-order valence-corrected chi connectivity index (χ4v) is 3.28. The average Bonchev–Trinajstić information content (AvgIpc) is 2.90. The molecule has 0 aromatic carbocycles. The van der Waals surface area contributed by atoms with E-state index >= 15 is 0 Å². The largest absolute Gasteiger partial charge is 0.375 e. The van der Waals surface area contributed by atoms with Crippen molar-refractivity contribution in [3.05, 3.63) is 18.0 Å². The van der Waals surface area contributed by atoms with Gasteiger partial charge in [-0.3, -0.25) is 4.68 Å². The van der Waals surface area contributed by atoms with Crippen molar-refractivity contribution < 1.29 is 4.74 Å². The Balaban J connectivity index is 2.29. The van der Waals surface area contributed by atoms with E-state index in [2.05, 4.69) is 48.9 Å². The van der Waals surface area contributed by atoms with Gasteiger partial charge in [0.1, 0.15) is 0 Å². The Hall–Kier alpha value is -0.870. The van der Waals surface area contributed by atoms with E-state index in [4.69, 9.17) is 4.74 Å². The van der Waals surface area contributed by atoms with Gasteiger partial charge in [0, 0.05) is 18.7 Å². The molecular formula is C14H25N3O. The summed E-state index contributed by atoms with van der Waals surface area (Å²) >= 11 is 0. The van der Waals surface area contributed by atoms with Crippen LogP contribution >= 0.6 is 0 Å². The van der Waals surface area contributed by atoms with Gasteiger partial charge in [-0.2, -0.15) is 5.10 Å². The predicted molar refractivity (Wildman–Crippen MR) is 72.4 cm³/mol. The number of aryl methyl sites for hydroxylation is 1. The Morgan fingerprint density at radius 1 is 1.39 bits per heavy atom. The first kappa shape index (κ1) is 13.6. The van der Waals surface area contributed by atoms with Crippen molar-refractivity contribution >= 4 is 0 Å². The topological polar surface area (TPSA) is 39.1 Å². The number of rotatable bonds is 4. The molecule has 1 fully saturated rings. The molecule has 4 nitrogen and oxygen atoms in total. The summed E-state index contributed by atoms with van der Waals surface area (Å²) in [7, 11) is 2.03. The average molecular weight is 251 g/mol. The first-order chi connectivity index (χ1) is 8.60. The number of nitrogens with one attached hydrogen (secondary N) is 1. The maximum Gasteiger partial charge on any atom is 0.0601 e. The molecule has 0 bridgehead atoms. The highest BCUT2D eigenvalue weighted by Crippen LogP contribution is 2.40. The third kappa shape index (κ3) is 2.19. The fraction of sp³-hybridized carbons (Fsp3) is 0.786. The molecule has 5 atom stereocenters. The number of hydrogen-bond donors (Lipinski definition) is 1. The van der Waals surface area contributed by atoms with Crippen LogP contribution in [-0.2, 0) is 11.3 Å². The molecule has 1 saturated heterocycles. The van der Waals surface area contributed by atoms with Crippen LogP contribution in [-0.4, -0.2) is 29.0 Å². The number of nitrogens with zero attached hydrogens (tertiary/aromatic N) is 2. The van der Waals surface area contributed by atoms with Crippen molar-refractivity contribution in [2.75, 3.05) is 7.05 Å². The summed E-state index contributed by atoms with van der Waals surface area (Å²) in [5, 5.41) is 7.84. The van der Waals surface area contributed by atoms with Gasteiger partial charge in [0.2, 0.25) is 0 Å². The molecule has 4 heteroatoms. The Kier molecular flexibility index (Phi) is 4.07. The molecule has 18 heavy (non-hydrogen) atoms. The molecule has 1 aliphatic heterocycles. The molecule has 0 spiro atoms.